The first-order valence-electron chi connectivity index (χ1n) is 4.50. The van der Waals surface area contributed by atoms with Crippen LogP contribution in [0.4, 0.5) is 0 Å². The molecule has 6 nitrogen and oxygen atoms in total. The molecule has 7 heteroatoms. The lowest BCUT2D eigenvalue weighted by Gasteiger charge is -2.02. The van der Waals surface area contributed by atoms with E-state index in [0.29, 0.717) is 11.7 Å². The van der Waals surface area contributed by atoms with E-state index in [1.807, 2.05) is 6.07 Å². The van der Waals surface area contributed by atoms with Gasteiger partial charge in [0.1, 0.15) is 12.1 Å². The van der Waals surface area contributed by atoms with E-state index in [2.05, 4.69) is 10.2 Å². The molecule has 0 amide bonds. The molecule has 0 radical (unpaired) electrons. The number of nitrogens with zero attached hydrogens (tertiary/aromatic N) is 3. The Morgan fingerprint density at radius 2 is 2.50 bits per heavy atom. The molecule has 0 atom stereocenters. The van der Waals surface area contributed by atoms with E-state index in [0.717, 1.165) is 17.5 Å². The van der Waals surface area contributed by atoms with Crippen molar-refractivity contribution in [2.45, 2.75) is 11.7 Å². The smallest absolute Gasteiger partial charge is 0.313 e. The average molecular weight is 239 g/mol. The fourth-order valence-corrected chi connectivity index (χ4v) is 1.80. The lowest BCUT2D eigenvalue weighted by Crippen LogP contribution is -2.03. The normalized spacial score (nSPS) is 10.5. The van der Waals surface area contributed by atoms with Gasteiger partial charge in [-0.3, -0.25) is 4.79 Å². The van der Waals surface area contributed by atoms with Crippen molar-refractivity contribution in [3.05, 3.63) is 30.5 Å². The summed E-state index contributed by atoms with van der Waals surface area (Å²) in [5.74, 6) is -0.133. The Labute approximate surface area is 95.3 Å². The van der Waals surface area contributed by atoms with E-state index in [1.165, 1.54) is 0 Å². The van der Waals surface area contributed by atoms with Gasteiger partial charge >= 0.3 is 5.97 Å². The first kappa shape index (κ1) is 10.7. The van der Waals surface area contributed by atoms with Crippen molar-refractivity contribution in [1.82, 2.24) is 14.8 Å². The third kappa shape index (κ3) is 2.63. The third-order valence-corrected chi connectivity index (χ3v) is 2.78. The number of carbonyl (C=O) groups is 1. The third-order valence-electron chi connectivity index (χ3n) is 1.81. The zero-order valence-electron chi connectivity index (χ0n) is 8.24. The number of hydrogen-bond donors (Lipinski definition) is 1. The Kier molecular flexibility index (Phi) is 3.25. The molecule has 0 unspecified atom stereocenters. The number of hydrogen-bond acceptors (Lipinski definition) is 5. The molecular formula is C9H9N3O3S. The predicted molar refractivity (Wildman–Crippen MR) is 56.2 cm³/mol. The van der Waals surface area contributed by atoms with Gasteiger partial charge in [-0.2, -0.15) is 0 Å². The number of thioether (sulfide) groups is 1. The van der Waals surface area contributed by atoms with Crippen LogP contribution in [0.15, 0.2) is 34.3 Å². The molecule has 0 saturated heterocycles. The molecule has 0 aromatic carbocycles. The molecule has 0 bridgehead atoms. The Morgan fingerprint density at radius 3 is 3.19 bits per heavy atom. The van der Waals surface area contributed by atoms with Crippen LogP contribution in [-0.4, -0.2) is 31.6 Å². The van der Waals surface area contributed by atoms with Crippen LogP contribution >= 0.6 is 11.8 Å². The Balaban J connectivity index is 2.04. The van der Waals surface area contributed by atoms with Crippen molar-refractivity contribution in [2.75, 3.05) is 5.75 Å². The maximum Gasteiger partial charge on any atom is 0.313 e. The minimum atomic E-state index is -0.877. The quantitative estimate of drug-likeness (QED) is 0.787. The molecule has 0 aliphatic rings. The van der Waals surface area contributed by atoms with E-state index in [9.17, 15) is 4.79 Å². The second-order valence-corrected chi connectivity index (χ2v) is 3.95. The fourth-order valence-electron chi connectivity index (χ4n) is 1.16. The summed E-state index contributed by atoms with van der Waals surface area (Å²) in [5.41, 5.74) is 0. The molecule has 1 N–H and O–H groups in total. The summed E-state index contributed by atoms with van der Waals surface area (Å²) >= 11 is 1.13. The highest BCUT2D eigenvalue weighted by molar-refractivity contribution is 7.99. The van der Waals surface area contributed by atoms with E-state index in [4.69, 9.17) is 9.52 Å². The van der Waals surface area contributed by atoms with Gasteiger partial charge in [-0.15, -0.1) is 10.2 Å². The Bertz CT molecular complexity index is 466. The van der Waals surface area contributed by atoms with Crippen LogP contribution in [0.1, 0.15) is 5.76 Å². The van der Waals surface area contributed by atoms with Crippen LogP contribution in [0.3, 0.4) is 0 Å². The van der Waals surface area contributed by atoms with Gasteiger partial charge in [-0.05, 0) is 12.1 Å². The van der Waals surface area contributed by atoms with Crippen molar-refractivity contribution in [3.63, 3.8) is 0 Å². The summed E-state index contributed by atoms with van der Waals surface area (Å²) in [6.45, 7) is 0.502. The Hall–Kier alpha value is -1.76. The van der Waals surface area contributed by atoms with Gasteiger partial charge in [-0.1, -0.05) is 11.8 Å². The molecule has 84 valence electrons. The van der Waals surface area contributed by atoms with E-state index >= 15 is 0 Å². The minimum absolute atomic E-state index is 0.0309. The number of carboxylic acid groups (broad SMARTS) is 1. The van der Waals surface area contributed by atoms with E-state index in [1.54, 1.807) is 23.2 Å². The molecule has 2 rings (SSSR count). The number of rotatable bonds is 5. The highest BCUT2D eigenvalue weighted by atomic mass is 32.2. The lowest BCUT2D eigenvalue weighted by molar-refractivity contribution is -0.133. The average Bonchev–Trinajstić information content (AvgIpc) is 2.87. The molecule has 0 spiro atoms. The molecule has 2 heterocycles. The SMILES string of the molecule is O=C(O)CSc1nncn1Cc1ccco1. The second kappa shape index (κ2) is 4.84. The summed E-state index contributed by atoms with van der Waals surface area (Å²) in [5, 5.41) is 16.7. The highest BCUT2D eigenvalue weighted by Crippen LogP contribution is 2.15. The van der Waals surface area contributed by atoms with Gasteiger partial charge in [0.15, 0.2) is 5.16 Å². The maximum atomic E-state index is 10.4. The van der Waals surface area contributed by atoms with Gasteiger partial charge in [0.25, 0.3) is 0 Å². The van der Waals surface area contributed by atoms with Crippen LogP contribution in [0.25, 0.3) is 0 Å². The number of aliphatic carboxylic acids is 1. The van der Waals surface area contributed by atoms with Gasteiger partial charge in [0.05, 0.1) is 18.6 Å². The molecule has 0 aliphatic carbocycles. The van der Waals surface area contributed by atoms with Gasteiger partial charge in [-0.25, -0.2) is 0 Å². The van der Waals surface area contributed by atoms with Crippen LogP contribution in [0.5, 0.6) is 0 Å². The van der Waals surface area contributed by atoms with Crippen LogP contribution in [-0.2, 0) is 11.3 Å². The zero-order valence-corrected chi connectivity index (χ0v) is 9.05. The number of aromatic nitrogens is 3. The molecule has 0 aliphatic heterocycles. The van der Waals surface area contributed by atoms with Crippen molar-refractivity contribution in [3.8, 4) is 0 Å². The summed E-state index contributed by atoms with van der Waals surface area (Å²) in [4.78, 5) is 10.4. The first-order chi connectivity index (χ1) is 7.75. The summed E-state index contributed by atoms with van der Waals surface area (Å²) in [6.07, 6.45) is 3.14. The molecule has 16 heavy (non-hydrogen) atoms. The van der Waals surface area contributed by atoms with E-state index in [-0.39, 0.29) is 5.75 Å². The van der Waals surface area contributed by atoms with Gasteiger partial charge in [0.2, 0.25) is 0 Å². The largest absolute Gasteiger partial charge is 0.481 e. The topological polar surface area (TPSA) is 81.1 Å². The predicted octanol–water partition coefficient (Wildman–Crippen LogP) is 1.10. The van der Waals surface area contributed by atoms with Crippen LogP contribution in [0, 0.1) is 0 Å². The standard InChI is InChI=1S/C9H9N3O3S/c13-8(14)5-16-9-11-10-6-12(9)4-7-2-1-3-15-7/h1-3,6H,4-5H2,(H,13,14). The summed E-state index contributed by atoms with van der Waals surface area (Å²) < 4.78 is 6.93. The number of furan rings is 1. The van der Waals surface area contributed by atoms with Crippen molar-refractivity contribution >= 4 is 17.7 Å². The maximum absolute atomic E-state index is 10.4. The van der Waals surface area contributed by atoms with E-state index < -0.39 is 5.97 Å². The van der Waals surface area contributed by atoms with Gasteiger partial charge in [0, 0.05) is 0 Å². The molecule has 0 fully saturated rings. The zero-order chi connectivity index (χ0) is 11.4. The summed E-state index contributed by atoms with van der Waals surface area (Å²) in [6, 6.07) is 3.63. The van der Waals surface area contributed by atoms with Crippen LogP contribution in [0.2, 0.25) is 0 Å². The monoisotopic (exact) mass is 239 g/mol. The molecule has 2 aromatic heterocycles. The fraction of sp³-hybridized carbons (Fsp3) is 0.222. The second-order valence-electron chi connectivity index (χ2n) is 3.00. The minimum Gasteiger partial charge on any atom is -0.481 e. The van der Waals surface area contributed by atoms with Crippen molar-refractivity contribution in [1.29, 1.82) is 0 Å². The molecule has 2 aromatic rings. The summed E-state index contributed by atoms with van der Waals surface area (Å²) in [7, 11) is 0. The van der Waals surface area contributed by atoms with Crippen molar-refractivity contribution < 1.29 is 14.3 Å². The van der Waals surface area contributed by atoms with Crippen LogP contribution < -0.4 is 0 Å². The van der Waals surface area contributed by atoms with Gasteiger partial charge < -0.3 is 14.1 Å². The number of carboxylic acids is 1. The molecule has 0 saturated carbocycles. The van der Waals surface area contributed by atoms with Crippen molar-refractivity contribution in [2.24, 2.45) is 0 Å². The first-order valence-corrected chi connectivity index (χ1v) is 5.49. The Morgan fingerprint density at radius 1 is 1.62 bits per heavy atom. The molecular weight excluding hydrogens is 230 g/mol. The highest BCUT2D eigenvalue weighted by Gasteiger charge is 2.08. The lowest BCUT2D eigenvalue weighted by atomic mass is 10.4.